The molecule has 3 rings (SSSR count). The molecule has 2 nitrogen and oxygen atoms in total. The van der Waals surface area contributed by atoms with E-state index in [1.807, 2.05) is 37.3 Å². The summed E-state index contributed by atoms with van der Waals surface area (Å²) >= 11 is 8.37. The molecule has 0 radical (unpaired) electrons. The normalized spacial score (nSPS) is 12.9. The number of Topliss-reactive ketones (excluding diaryl/α,β-unsaturated/α-hetero) is 1. The second kappa shape index (κ2) is 5.97. The Morgan fingerprint density at radius 3 is 3.00 bits per heavy atom. The van der Waals surface area contributed by atoms with Crippen LogP contribution in [0.5, 0.6) is 5.75 Å². The first-order valence-corrected chi connectivity index (χ1v) is 8.24. The minimum Gasteiger partial charge on any atom is -0.493 e. The van der Waals surface area contributed by atoms with Crippen LogP contribution in [0.4, 0.5) is 0 Å². The van der Waals surface area contributed by atoms with Gasteiger partial charge in [-0.1, -0.05) is 29.8 Å². The summed E-state index contributed by atoms with van der Waals surface area (Å²) in [5.74, 6) is 0.943. The van der Waals surface area contributed by atoms with Crippen LogP contribution in [0.2, 0.25) is 5.02 Å². The van der Waals surface area contributed by atoms with Crippen molar-refractivity contribution in [2.24, 2.45) is 0 Å². The first-order chi connectivity index (χ1) is 10.1. The van der Waals surface area contributed by atoms with Crippen molar-refractivity contribution in [3.63, 3.8) is 0 Å². The first-order valence-electron chi connectivity index (χ1n) is 6.78. The third kappa shape index (κ3) is 2.94. The van der Waals surface area contributed by atoms with Crippen LogP contribution in [0.15, 0.2) is 30.3 Å². The summed E-state index contributed by atoms with van der Waals surface area (Å²) in [7, 11) is 0. The zero-order chi connectivity index (χ0) is 15.0. The van der Waals surface area contributed by atoms with E-state index < -0.39 is 0 Å². The van der Waals surface area contributed by atoms with Crippen molar-refractivity contribution in [3.8, 4) is 5.75 Å². The quantitative estimate of drug-likeness (QED) is 0.543. The molecule has 0 saturated carbocycles. The first kappa shape index (κ1) is 14.9. The fourth-order valence-corrected chi connectivity index (χ4v) is 3.53. The molecule has 2 aromatic rings. The molecule has 108 valence electrons. The summed E-state index contributed by atoms with van der Waals surface area (Å²) in [6.07, 6.45) is 1.18. The van der Waals surface area contributed by atoms with Crippen molar-refractivity contribution in [2.75, 3.05) is 6.61 Å². The molecule has 0 bridgehead atoms. The van der Waals surface area contributed by atoms with E-state index in [9.17, 15) is 4.79 Å². The molecule has 21 heavy (non-hydrogen) atoms. The summed E-state index contributed by atoms with van der Waals surface area (Å²) < 4.78 is 6.68. The van der Waals surface area contributed by atoms with Crippen LogP contribution in [-0.4, -0.2) is 12.4 Å². The molecule has 0 aliphatic carbocycles. The minimum atomic E-state index is 0.100. The Morgan fingerprint density at radius 1 is 1.38 bits per heavy atom. The van der Waals surface area contributed by atoms with E-state index in [1.54, 1.807) is 0 Å². The minimum absolute atomic E-state index is 0.100. The summed E-state index contributed by atoms with van der Waals surface area (Å²) in [6, 6.07) is 9.58. The number of halogens is 2. The molecular weight excluding hydrogens is 399 g/mol. The summed E-state index contributed by atoms with van der Waals surface area (Å²) in [5, 5.41) is 0.668. The van der Waals surface area contributed by atoms with Crippen LogP contribution >= 0.6 is 34.2 Å². The monoisotopic (exact) mass is 412 g/mol. The zero-order valence-electron chi connectivity index (χ0n) is 11.6. The molecule has 0 atom stereocenters. The summed E-state index contributed by atoms with van der Waals surface area (Å²) in [4.78, 5) is 12.6. The molecule has 1 heterocycles. The second-order valence-corrected chi connectivity index (χ2v) is 6.70. The van der Waals surface area contributed by atoms with Crippen LogP contribution < -0.4 is 4.74 Å². The van der Waals surface area contributed by atoms with Gasteiger partial charge in [0.25, 0.3) is 0 Å². The Hall–Kier alpha value is -1.07. The lowest BCUT2D eigenvalue weighted by Gasteiger charge is -2.10. The average Bonchev–Trinajstić information content (AvgIpc) is 2.90. The third-order valence-electron chi connectivity index (χ3n) is 3.67. The topological polar surface area (TPSA) is 26.3 Å². The number of carbonyl (C=O) groups excluding carboxylic acids is 1. The van der Waals surface area contributed by atoms with Crippen LogP contribution in [0.1, 0.15) is 27.0 Å². The molecule has 1 aliphatic heterocycles. The molecule has 0 amide bonds. The highest BCUT2D eigenvalue weighted by Crippen LogP contribution is 2.33. The van der Waals surface area contributed by atoms with Gasteiger partial charge in [0.2, 0.25) is 0 Å². The lowest BCUT2D eigenvalue weighted by atomic mass is 9.99. The van der Waals surface area contributed by atoms with E-state index in [1.165, 1.54) is 0 Å². The molecule has 4 heteroatoms. The predicted octanol–water partition coefficient (Wildman–Crippen LogP) is 4.61. The van der Waals surface area contributed by atoms with E-state index in [-0.39, 0.29) is 5.78 Å². The zero-order valence-corrected chi connectivity index (χ0v) is 14.5. The van der Waals surface area contributed by atoms with Crippen molar-refractivity contribution in [1.29, 1.82) is 0 Å². The van der Waals surface area contributed by atoms with Crippen LogP contribution in [0.25, 0.3) is 0 Å². The lowest BCUT2D eigenvalue weighted by Crippen LogP contribution is -2.07. The van der Waals surface area contributed by atoms with Gasteiger partial charge in [0.15, 0.2) is 5.78 Å². The molecule has 0 fully saturated rings. The number of carbonyl (C=O) groups is 1. The second-order valence-electron chi connectivity index (χ2n) is 5.19. The molecule has 0 aromatic heterocycles. The van der Waals surface area contributed by atoms with E-state index in [4.69, 9.17) is 16.3 Å². The Kier molecular flexibility index (Phi) is 4.22. The molecule has 0 unspecified atom stereocenters. The Morgan fingerprint density at radius 2 is 2.19 bits per heavy atom. The molecule has 0 saturated heterocycles. The predicted molar refractivity (Wildman–Crippen MR) is 92.6 cm³/mol. The molecule has 0 spiro atoms. The number of benzene rings is 2. The number of rotatable bonds is 3. The van der Waals surface area contributed by atoms with Gasteiger partial charge in [0, 0.05) is 32.6 Å². The highest BCUT2D eigenvalue weighted by molar-refractivity contribution is 14.1. The van der Waals surface area contributed by atoms with Crippen molar-refractivity contribution in [1.82, 2.24) is 0 Å². The fourth-order valence-electron chi connectivity index (χ4n) is 2.61. The van der Waals surface area contributed by atoms with Gasteiger partial charge in [-0.2, -0.15) is 0 Å². The standard InChI is InChI=1S/C17H14ClIO2/c1-10-3-2-4-14(16(10)19)15(20)9-12-8-13(18)7-11-5-6-21-17(11)12/h2-4,7-8H,5-6,9H2,1H3. The molecule has 0 N–H and O–H groups in total. The SMILES string of the molecule is Cc1cccc(C(=O)Cc2cc(Cl)cc3c2OCC3)c1I. The Bertz CT molecular complexity index is 725. The van der Waals surface area contributed by atoms with Gasteiger partial charge in [-0.25, -0.2) is 0 Å². The number of fused-ring (bicyclic) bond motifs is 1. The number of ether oxygens (including phenoxy) is 1. The summed E-state index contributed by atoms with van der Waals surface area (Å²) in [6.45, 7) is 2.68. The van der Waals surface area contributed by atoms with E-state index in [0.717, 1.165) is 38.0 Å². The third-order valence-corrected chi connectivity index (χ3v) is 5.32. The highest BCUT2D eigenvalue weighted by Gasteiger charge is 2.20. The molecule has 1 aliphatic rings. The van der Waals surface area contributed by atoms with Gasteiger partial charge in [-0.05, 0) is 52.8 Å². The van der Waals surface area contributed by atoms with Crippen molar-refractivity contribution < 1.29 is 9.53 Å². The number of ketones is 1. The average molecular weight is 413 g/mol. The van der Waals surface area contributed by atoms with E-state index in [0.29, 0.717) is 18.1 Å². The fraction of sp³-hybridized carbons (Fsp3) is 0.235. The van der Waals surface area contributed by atoms with Gasteiger partial charge >= 0.3 is 0 Å². The van der Waals surface area contributed by atoms with Crippen molar-refractivity contribution in [2.45, 2.75) is 19.8 Å². The summed E-state index contributed by atoms with van der Waals surface area (Å²) in [5.41, 5.74) is 3.87. The van der Waals surface area contributed by atoms with Gasteiger partial charge in [-0.15, -0.1) is 0 Å². The Balaban J connectivity index is 1.94. The maximum absolute atomic E-state index is 12.6. The van der Waals surface area contributed by atoms with Crippen LogP contribution in [0, 0.1) is 10.5 Å². The van der Waals surface area contributed by atoms with Crippen molar-refractivity contribution >= 4 is 40.0 Å². The van der Waals surface area contributed by atoms with E-state index >= 15 is 0 Å². The number of aryl methyl sites for hydroxylation is 1. The smallest absolute Gasteiger partial charge is 0.168 e. The Labute approximate surface area is 142 Å². The maximum atomic E-state index is 12.6. The van der Waals surface area contributed by atoms with Gasteiger partial charge in [0.05, 0.1) is 6.61 Å². The number of hydrogen-bond acceptors (Lipinski definition) is 2. The van der Waals surface area contributed by atoms with Gasteiger partial charge in [-0.3, -0.25) is 4.79 Å². The van der Waals surface area contributed by atoms with Gasteiger partial charge < -0.3 is 4.74 Å². The van der Waals surface area contributed by atoms with Crippen LogP contribution in [0.3, 0.4) is 0 Å². The molecule has 2 aromatic carbocycles. The number of hydrogen-bond donors (Lipinski definition) is 0. The van der Waals surface area contributed by atoms with Crippen molar-refractivity contribution in [3.05, 3.63) is 61.2 Å². The largest absolute Gasteiger partial charge is 0.493 e. The lowest BCUT2D eigenvalue weighted by molar-refractivity contribution is 0.0991. The van der Waals surface area contributed by atoms with E-state index in [2.05, 4.69) is 22.6 Å². The molecular formula is C17H14ClIO2. The van der Waals surface area contributed by atoms with Crippen LogP contribution in [-0.2, 0) is 12.8 Å². The van der Waals surface area contributed by atoms with Gasteiger partial charge in [0.1, 0.15) is 5.75 Å². The highest BCUT2D eigenvalue weighted by atomic mass is 127. The maximum Gasteiger partial charge on any atom is 0.168 e.